The van der Waals surface area contributed by atoms with Gasteiger partial charge in [0.2, 0.25) is 0 Å². The van der Waals surface area contributed by atoms with Crippen LogP contribution in [0.3, 0.4) is 0 Å². The van der Waals surface area contributed by atoms with Crippen LogP contribution in [-0.4, -0.2) is 28.0 Å². The smallest absolute Gasteiger partial charge is 0.268 e. The van der Waals surface area contributed by atoms with Crippen LogP contribution in [-0.2, 0) is 0 Å². The molecule has 1 fully saturated rings. The van der Waals surface area contributed by atoms with Crippen LogP contribution in [0.25, 0.3) is 0 Å². The number of amides is 1. The number of hydrogen-bond acceptors (Lipinski definition) is 3. The van der Waals surface area contributed by atoms with Crippen molar-refractivity contribution in [2.45, 2.75) is 32.4 Å². The molecular weight excluding hydrogens is 234 g/mol. The molecule has 94 valence electrons. The molecule has 1 saturated heterocycles. The Morgan fingerprint density at radius 2 is 2.41 bits per heavy atom. The molecule has 3 N–H and O–H groups in total. The molecule has 1 aromatic rings. The number of nitrogens with one attached hydrogen (secondary N) is 1. The first kappa shape index (κ1) is 12.4. The zero-order chi connectivity index (χ0) is 12.4. The molecule has 1 unspecified atom stereocenters. The average Bonchev–Trinajstić information content (AvgIpc) is 2.86. The van der Waals surface area contributed by atoms with Crippen LogP contribution < -0.4 is 11.1 Å². The molecule has 1 amide bonds. The number of rotatable bonds is 3. The maximum absolute atomic E-state index is 12.1. The van der Waals surface area contributed by atoms with Gasteiger partial charge in [0.05, 0.1) is 5.69 Å². The van der Waals surface area contributed by atoms with Crippen LogP contribution in [0.5, 0.6) is 0 Å². The molecule has 17 heavy (non-hydrogen) atoms. The first-order valence-corrected chi connectivity index (χ1v) is 7.09. The highest BCUT2D eigenvalue weighted by atomic mass is 32.2. The van der Waals surface area contributed by atoms with Gasteiger partial charge in [-0.1, -0.05) is 0 Å². The van der Waals surface area contributed by atoms with Crippen LogP contribution in [0, 0.1) is 0 Å². The zero-order valence-electron chi connectivity index (χ0n) is 10.3. The molecule has 5 heteroatoms. The zero-order valence-corrected chi connectivity index (χ0v) is 11.1. The molecule has 0 aromatic carbocycles. The Labute approximate surface area is 106 Å². The largest absolute Gasteiger partial charge is 0.397 e. The highest BCUT2D eigenvalue weighted by Gasteiger charge is 2.21. The number of nitrogen functional groups attached to an aromatic ring is 1. The van der Waals surface area contributed by atoms with Gasteiger partial charge in [0, 0.05) is 24.0 Å². The molecule has 2 rings (SSSR count). The van der Waals surface area contributed by atoms with Crippen LogP contribution >= 0.6 is 11.8 Å². The van der Waals surface area contributed by atoms with Gasteiger partial charge in [-0.05, 0) is 32.1 Å². The Balaban J connectivity index is 2.12. The van der Waals surface area contributed by atoms with E-state index in [1.807, 2.05) is 36.4 Å². The first-order valence-electron chi connectivity index (χ1n) is 5.94. The summed E-state index contributed by atoms with van der Waals surface area (Å²) in [4.78, 5) is 12.1. The fourth-order valence-electron chi connectivity index (χ4n) is 2.02. The molecule has 0 saturated carbocycles. The molecule has 1 aliphatic rings. The highest BCUT2D eigenvalue weighted by Crippen LogP contribution is 2.19. The normalized spacial score (nSPS) is 19.8. The molecule has 1 atom stereocenters. The second-order valence-electron chi connectivity index (χ2n) is 4.69. The number of thioether (sulfide) groups is 1. The summed E-state index contributed by atoms with van der Waals surface area (Å²) in [7, 11) is 0. The summed E-state index contributed by atoms with van der Waals surface area (Å²) in [6, 6.07) is 2.30. The van der Waals surface area contributed by atoms with Crippen LogP contribution in [0.15, 0.2) is 12.3 Å². The summed E-state index contributed by atoms with van der Waals surface area (Å²) in [5.41, 5.74) is 7.06. The number of carbonyl (C=O) groups excluding carboxylic acids is 1. The van der Waals surface area contributed by atoms with E-state index in [0.29, 0.717) is 17.4 Å². The van der Waals surface area contributed by atoms with E-state index in [1.54, 1.807) is 6.07 Å². The quantitative estimate of drug-likeness (QED) is 0.864. The van der Waals surface area contributed by atoms with Gasteiger partial charge in [-0.25, -0.2) is 0 Å². The SMILES string of the molecule is CC(C)n1cc(N)cc1C(=O)NC1CCSC1. The van der Waals surface area contributed by atoms with Crippen molar-refractivity contribution in [2.24, 2.45) is 0 Å². The minimum atomic E-state index is -0.0112. The van der Waals surface area contributed by atoms with E-state index in [9.17, 15) is 4.79 Å². The molecule has 4 nitrogen and oxygen atoms in total. The van der Waals surface area contributed by atoms with Gasteiger partial charge in [0.25, 0.3) is 5.91 Å². The summed E-state index contributed by atoms with van der Waals surface area (Å²) in [5.74, 6) is 2.14. The van der Waals surface area contributed by atoms with Gasteiger partial charge in [0.1, 0.15) is 5.69 Å². The summed E-state index contributed by atoms with van der Waals surface area (Å²) in [6.45, 7) is 4.09. The van der Waals surface area contributed by atoms with E-state index in [2.05, 4.69) is 5.32 Å². The number of carbonyl (C=O) groups is 1. The molecular formula is C12H19N3OS. The fraction of sp³-hybridized carbons (Fsp3) is 0.583. The first-order chi connectivity index (χ1) is 8.08. The Hall–Kier alpha value is -1.10. The summed E-state index contributed by atoms with van der Waals surface area (Å²) < 4.78 is 1.92. The molecule has 0 spiro atoms. The van der Waals surface area contributed by atoms with Gasteiger partial charge in [-0.2, -0.15) is 11.8 Å². The van der Waals surface area contributed by atoms with E-state index < -0.39 is 0 Å². The average molecular weight is 253 g/mol. The van der Waals surface area contributed by atoms with E-state index in [0.717, 1.165) is 17.9 Å². The third-order valence-electron chi connectivity index (χ3n) is 2.92. The Kier molecular flexibility index (Phi) is 3.66. The van der Waals surface area contributed by atoms with E-state index >= 15 is 0 Å². The number of anilines is 1. The van der Waals surface area contributed by atoms with Crippen molar-refractivity contribution in [3.63, 3.8) is 0 Å². The lowest BCUT2D eigenvalue weighted by molar-refractivity contribution is 0.0930. The van der Waals surface area contributed by atoms with E-state index in [-0.39, 0.29) is 11.9 Å². The van der Waals surface area contributed by atoms with E-state index in [4.69, 9.17) is 5.73 Å². The lowest BCUT2D eigenvalue weighted by Crippen LogP contribution is -2.35. The molecule has 0 aliphatic carbocycles. The van der Waals surface area contributed by atoms with Gasteiger partial charge in [-0.15, -0.1) is 0 Å². The third kappa shape index (κ3) is 2.77. The summed E-state index contributed by atoms with van der Waals surface area (Å²) in [5, 5.41) is 3.07. The van der Waals surface area contributed by atoms with Crippen molar-refractivity contribution in [1.29, 1.82) is 0 Å². The van der Waals surface area contributed by atoms with Gasteiger partial charge >= 0.3 is 0 Å². The monoisotopic (exact) mass is 253 g/mol. The number of aromatic nitrogens is 1. The number of hydrogen-bond donors (Lipinski definition) is 2. The highest BCUT2D eigenvalue weighted by molar-refractivity contribution is 7.99. The minimum Gasteiger partial charge on any atom is -0.397 e. The second-order valence-corrected chi connectivity index (χ2v) is 5.84. The lowest BCUT2D eigenvalue weighted by atomic mass is 10.2. The molecule has 0 bridgehead atoms. The van der Waals surface area contributed by atoms with Crippen molar-refractivity contribution in [3.05, 3.63) is 18.0 Å². The number of nitrogens with zero attached hydrogens (tertiary/aromatic N) is 1. The maximum Gasteiger partial charge on any atom is 0.268 e. The number of nitrogens with two attached hydrogens (primary N) is 1. The standard InChI is InChI=1S/C12H19N3OS/c1-8(2)15-6-9(13)5-11(15)12(16)14-10-3-4-17-7-10/h5-6,8,10H,3-4,7,13H2,1-2H3,(H,14,16). The maximum atomic E-state index is 12.1. The fourth-order valence-corrected chi connectivity index (χ4v) is 3.17. The molecule has 0 radical (unpaired) electrons. The van der Waals surface area contributed by atoms with E-state index in [1.165, 1.54) is 0 Å². The Morgan fingerprint density at radius 3 is 3.00 bits per heavy atom. The van der Waals surface area contributed by atoms with Crippen molar-refractivity contribution in [3.8, 4) is 0 Å². The van der Waals surface area contributed by atoms with Gasteiger partial charge in [-0.3, -0.25) is 4.79 Å². The second kappa shape index (κ2) is 5.04. The minimum absolute atomic E-state index is 0.0112. The van der Waals surface area contributed by atoms with Crippen molar-refractivity contribution in [1.82, 2.24) is 9.88 Å². The molecule has 2 heterocycles. The van der Waals surface area contributed by atoms with Crippen molar-refractivity contribution in [2.75, 3.05) is 17.2 Å². The predicted molar refractivity (Wildman–Crippen MR) is 72.4 cm³/mol. The van der Waals surface area contributed by atoms with Crippen LogP contribution in [0.1, 0.15) is 36.8 Å². The van der Waals surface area contributed by atoms with Crippen LogP contribution in [0.2, 0.25) is 0 Å². The lowest BCUT2D eigenvalue weighted by Gasteiger charge is -2.15. The van der Waals surface area contributed by atoms with Gasteiger partial charge < -0.3 is 15.6 Å². The van der Waals surface area contributed by atoms with Crippen molar-refractivity contribution < 1.29 is 4.79 Å². The Morgan fingerprint density at radius 1 is 1.65 bits per heavy atom. The molecule has 1 aromatic heterocycles. The third-order valence-corrected chi connectivity index (χ3v) is 4.09. The predicted octanol–water partition coefficient (Wildman–Crippen LogP) is 1.89. The Bertz CT molecular complexity index is 408. The summed E-state index contributed by atoms with van der Waals surface area (Å²) >= 11 is 1.89. The van der Waals surface area contributed by atoms with Gasteiger partial charge in [0.15, 0.2) is 0 Å². The van der Waals surface area contributed by atoms with Crippen molar-refractivity contribution >= 4 is 23.4 Å². The van der Waals surface area contributed by atoms with Crippen LogP contribution in [0.4, 0.5) is 5.69 Å². The topological polar surface area (TPSA) is 60.0 Å². The summed E-state index contributed by atoms with van der Waals surface area (Å²) in [6.07, 6.45) is 2.89. The molecule has 1 aliphatic heterocycles.